The van der Waals surface area contributed by atoms with Gasteiger partial charge in [0.05, 0.1) is 0 Å². The SMILES string of the molecule is CNC(CCCS(C)(=O)=O)C1CCCC1C. The van der Waals surface area contributed by atoms with Crippen molar-refractivity contribution in [3.63, 3.8) is 0 Å². The van der Waals surface area contributed by atoms with E-state index in [1.807, 2.05) is 7.05 Å². The highest BCUT2D eigenvalue weighted by Gasteiger charge is 2.29. The summed E-state index contributed by atoms with van der Waals surface area (Å²) in [4.78, 5) is 0. The summed E-state index contributed by atoms with van der Waals surface area (Å²) in [5.74, 6) is 1.85. The first-order valence-electron chi connectivity index (χ1n) is 6.29. The highest BCUT2D eigenvalue weighted by molar-refractivity contribution is 7.90. The fourth-order valence-corrected chi connectivity index (χ4v) is 3.60. The van der Waals surface area contributed by atoms with Gasteiger partial charge < -0.3 is 5.32 Å². The summed E-state index contributed by atoms with van der Waals surface area (Å²) in [6.45, 7) is 2.32. The summed E-state index contributed by atoms with van der Waals surface area (Å²) >= 11 is 0. The van der Waals surface area contributed by atoms with Gasteiger partial charge in [0.1, 0.15) is 9.84 Å². The van der Waals surface area contributed by atoms with Gasteiger partial charge in [-0.05, 0) is 38.1 Å². The number of sulfone groups is 1. The lowest BCUT2D eigenvalue weighted by molar-refractivity contribution is 0.295. The first-order chi connectivity index (χ1) is 7.44. The van der Waals surface area contributed by atoms with Gasteiger partial charge in [-0.2, -0.15) is 0 Å². The van der Waals surface area contributed by atoms with Crippen molar-refractivity contribution >= 4 is 9.84 Å². The number of rotatable bonds is 6. The predicted octanol–water partition coefficient (Wildman–Crippen LogP) is 1.84. The van der Waals surface area contributed by atoms with Crippen LogP contribution in [0.25, 0.3) is 0 Å². The lowest BCUT2D eigenvalue weighted by Gasteiger charge is -2.26. The van der Waals surface area contributed by atoms with Crippen LogP contribution >= 0.6 is 0 Å². The van der Waals surface area contributed by atoms with Gasteiger partial charge in [0.2, 0.25) is 0 Å². The number of nitrogens with one attached hydrogen (secondary N) is 1. The maximum absolute atomic E-state index is 11.1. The van der Waals surface area contributed by atoms with Gasteiger partial charge in [-0.1, -0.05) is 19.8 Å². The Morgan fingerprint density at radius 1 is 1.38 bits per heavy atom. The zero-order valence-electron chi connectivity index (χ0n) is 10.7. The van der Waals surface area contributed by atoms with Crippen molar-refractivity contribution in [3.8, 4) is 0 Å². The average molecular weight is 247 g/mol. The highest BCUT2D eigenvalue weighted by atomic mass is 32.2. The first kappa shape index (κ1) is 14.0. The number of hydrogen-bond acceptors (Lipinski definition) is 3. The van der Waals surface area contributed by atoms with E-state index < -0.39 is 9.84 Å². The molecule has 1 fully saturated rings. The molecule has 3 nitrogen and oxygen atoms in total. The minimum Gasteiger partial charge on any atom is -0.317 e. The lowest BCUT2D eigenvalue weighted by Crippen LogP contribution is -2.35. The van der Waals surface area contributed by atoms with E-state index in [9.17, 15) is 8.42 Å². The Hall–Kier alpha value is -0.0900. The molecule has 1 rings (SSSR count). The molecule has 3 atom stereocenters. The van der Waals surface area contributed by atoms with Gasteiger partial charge in [-0.15, -0.1) is 0 Å². The smallest absolute Gasteiger partial charge is 0.147 e. The summed E-state index contributed by atoms with van der Waals surface area (Å²) in [6, 6.07) is 0.499. The van der Waals surface area contributed by atoms with Gasteiger partial charge in [0, 0.05) is 18.1 Å². The molecule has 0 bridgehead atoms. The normalized spacial score (nSPS) is 28.2. The van der Waals surface area contributed by atoms with Crippen LogP contribution in [0, 0.1) is 11.8 Å². The second-order valence-corrected chi connectivity index (χ2v) is 7.50. The second-order valence-electron chi connectivity index (χ2n) is 5.24. The molecule has 1 saturated carbocycles. The molecule has 0 aromatic rings. The molecule has 1 N–H and O–H groups in total. The van der Waals surface area contributed by atoms with Crippen LogP contribution in [0.5, 0.6) is 0 Å². The Labute approximate surface area is 99.9 Å². The zero-order valence-corrected chi connectivity index (χ0v) is 11.5. The van der Waals surface area contributed by atoms with Crippen LogP contribution in [-0.2, 0) is 9.84 Å². The highest BCUT2D eigenvalue weighted by Crippen LogP contribution is 2.34. The maximum atomic E-state index is 11.1. The fourth-order valence-electron chi connectivity index (χ4n) is 2.91. The Kier molecular flexibility index (Phi) is 5.25. The van der Waals surface area contributed by atoms with Crippen molar-refractivity contribution in [1.29, 1.82) is 0 Å². The van der Waals surface area contributed by atoms with Crippen LogP contribution in [0.3, 0.4) is 0 Å². The predicted molar refractivity (Wildman–Crippen MR) is 68.3 cm³/mol. The molecule has 0 saturated heterocycles. The Morgan fingerprint density at radius 2 is 2.06 bits per heavy atom. The zero-order chi connectivity index (χ0) is 12.2. The molecule has 16 heavy (non-hydrogen) atoms. The summed E-state index contributed by atoms with van der Waals surface area (Å²) < 4.78 is 22.1. The third-order valence-corrected chi connectivity index (χ3v) is 4.88. The fraction of sp³-hybridized carbons (Fsp3) is 1.00. The molecule has 0 amide bonds. The van der Waals surface area contributed by atoms with Crippen molar-refractivity contribution in [3.05, 3.63) is 0 Å². The minimum atomic E-state index is -2.79. The van der Waals surface area contributed by atoms with E-state index in [1.54, 1.807) is 0 Å². The van der Waals surface area contributed by atoms with E-state index in [0.29, 0.717) is 11.8 Å². The van der Waals surface area contributed by atoms with Gasteiger partial charge >= 0.3 is 0 Å². The quantitative estimate of drug-likeness (QED) is 0.779. The molecular formula is C12H25NO2S. The lowest BCUT2D eigenvalue weighted by atomic mass is 9.88. The molecule has 3 unspecified atom stereocenters. The van der Waals surface area contributed by atoms with Crippen LogP contribution in [0.4, 0.5) is 0 Å². The molecule has 96 valence electrons. The largest absolute Gasteiger partial charge is 0.317 e. The van der Waals surface area contributed by atoms with Gasteiger partial charge in [0.15, 0.2) is 0 Å². The molecular weight excluding hydrogens is 222 g/mol. The third-order valence-electron chi connectivity index (χ3n) is 3.85. The maximum Gasteiger partial charge on any atom is 0.147 e. The third kappa shape index (κ3) is 4.42. The molecule has 1 aliphatic rings. The summed E-state index contributed by atoms with van der Waals surface area (Å²) in [6.07, 6.45) is 7.04. The van der Waals surface area contributed by atoms with Crippen molar-refractivity contribution < 1.29 is 8.42 Å². The van der Waals surface area contributed by atoms with Crippen LogP contribution in [-0.4, -0.2) is 33.5 Å². The minimum absolute atomic E-state index is 0.326. The second kappa shape index (κ2) is 6.01. The molecule has 0 heterocycles. The van der Waals surface area contributed by atoms with Crippen molar-refractivity contribution in [1.82, 2.24) is 5.32 Å². The first-order valence-corrected chi connectivity index (χ1v) is 8.35. The van der Waals surface area contributed by atoms with Crippen LogP contribution < -0.4 is 5.32 Å². The van der Waals surface area contributed by atoms with E-state index in [1.165, 1.54) is 25.5 Å². The van der Waals surface area contributed by atoms with Gasteiger partial charge in [0.25, 0.3) is 0 Å². The standard InChI is InChI=1S/C12H25NO2S/c1-10-6-4-7-11(10)12(13-2)8-5-9-16(3,14)15/h10-13H,4-9H2,1-3H3. The van der Waals surface area contributed by atoms with E-state index in [0.717, 1.165) is 24.7 Å². The molecule has 4 heteroatoms. The van der Waals surface area contributed by atoms with E-state index in [4.69, 9.17) is 0 Å². The molecule has 0 aliphatic heterocycles. The van der Waals surface area contributed by atoms with E-state index in [2.05, 4.69) is 12.2 Å². The van der Waals surface area contributed by atoms with Crippen molar-refractivity contribution in [2.45, 2.75) is 45.1 Å². The van der Waals surface area contributed by atoms with Crippen LogP contribution in [0.15, 0.2) is 0 Å². The van der Waals surface area contributed by atoms with Crippen LogP contribution in [0.1, 0.15) is 39.0 Å². The topological polar surface area (TPSA) is 46.2 Å². The van der Waals surface area contributed by atoms with E-state index in [-0.39, 0.29) is 0 Å². The Morgan fingerprint density at radius 3 is 2.50 bits per heavy atom. The number of hydrogen-bond donors (Lipinski definition) is 1. The molecule has 0 spiro atoms. The molecule has 1 aliphatic carbocycles. The van der Waals surface area contributed by atoms with Crippen LogP contribution in [0.2, 0.25) is 0 Å². The summed E-state index contributed by atoms with van der Waals surface area (Å²) in [5, 5.41) is 3.37. The monoisotopic (exact) mass is 247 g/mol. The average Bonchev–Trinajstić information content (AvgIpc) is 2.58. The molecule has 0 aromatic carbocycles. The Balaban J connectivity index is 2.37. The molecule has 0 aromatic heterocycles. The van der Waals surface area contributed by atoms with Gasteiger partial charge in [-0.3, -0.25) is 0 Å². The summed E-state index contributed by atoms with van der Waals surface area (Å²) in [5.41, 5.74) is 0. The molecule has 0 radical (unpaired) electrons. The van der Waals surface area contributed by atoms with Crippen molar-refractivity contribution in [2.75, 3.05) is 19.1 Å². The van der Waals surface area contributed by atoms with Crippen molar-refractivity contribution in [2.24, 2.45) is 11.8 Å². The van der Waals surface area contributed by atoms with E-state index >= 15 is 0 Å². The summed E-state index contributed by atoms with van der Waals surface area (Å²) in [7, 11) is -0.797. The van der Waals surface area contributed by atoms with Gasteiger partial charge in [-0.25, -0.2) is 8.42 Å². The Bertz CT molecular complexity index is 300.